The first-order chi connectivity index (χ1) is 16.3. The predicted octanol–water partition coefficient (Wildman–Crippen LogP) is 3.30. The van der Waals surface area contributed by atoms with Gasteiger partial charge in [-0.2, -0.15) is 0 Å². The Morgan fingerprint density at radius 2 is 1.65 bits per heavy atom. The molecule has 1 saturated carbocycles. The van der Waals surface area contributed by atoms with Crippen molar-refractivity contribution in [1.82, 2.24) is 10.6 Å². The van der Waals surface area contributed by atoms with Gasteiger partial charge in [0.25, 0.3) is 0 Å². The molecule has 4 rings (SSSR count). The topological polar surface area (TPSA) is 114 Å². The summed E-state index contributed by atoms with van der Waals surface area (Å²) in [4.78, 5) is 37.4. The molecule has 0 bridgehead atoms. The standard InChI is InChI=1S/C26H30N2O6/c1-26(16-11-12-16,24(31)27-22(23(29)30)13-14-33-2)28-25(32)34-15-21-19-9-5-3-7-17(19)18-8-4-6-10-20(18)21/h3-10,16,21-22H,11-15H2,1-2H3,(H,27,31)(H,28,32)(H,29,30). The summed E-state index contributed by atoms with van der Waals surface area (Å²) in [5, 5.41) is 14.7. The average molecular weight is 467 g/mol. The molecule has 1 fully saturated rings. The summed E-state index contributed by atoms with van der Waals surface area (Å²) in [5.41, 5.74) is 3.20. The van der Waals surface area contributed by atoms with Crippen molar-refractivity contribution in [3.05, 3.63) is 59.7 Å². The number of rotatable bonds is 10. The van der Waals surface area contributed by atoms with Crippen molar-refractivity contribution in [3.63, 3.8) is 0 Å². The summed E-state index contributed by atoms with van der Waals surface area (Å²) in [5.74, 6) is -1.86. The number of alkyl carbamates (subject to hydrolysis) is 1. The Kier molecular flexibility index (Phi) is 6.88. The second-order valence-electron chi connectivity index (χ2n) is 9.07. The molecular formula is C26H30N2O6. The smallest absolute Gasteiger partial charge is 0.408 e. The van der Waals surface area contributed by atoms with Crippen molar-refractivity contribution in [2.75, 3.05) is 20.3 Å². The van der Waals surface area contributed by atoms with E-state index in [1.807, 2.05) is 36.4 Å². The Balaban J connectivity index is 1.43. The number of benzene rings is 2. The van der Waals surface area contributed by atoms with Crippen LogP contribution >= 0.6 is 0 Å². The Morgan fingerprint density at radius 3 is 2.18 bits per heavy atom. The number of carbonyl (C=O) groups excluding carboxylic acids is 2. The Morgan fingerprint density at radius 1 is 1.06 bits per heavy atom. The van der Waals surface area contributed by atoms with E-state index in [0.29, 0.717) is 0 Å². The number of aliphatic carboxylic acids is 1. The van der Waals surface area contributed by atoms with E-state index in [0.717, 1.165) is 35.1 Å². The zero-order valence-corrected chi connectivity index (χ0v) is 19.4. The fourth-order valence-corrected chi connectivity index (χ4v) is 4.65. The summed E-state index contributed by atoms with van der Waals surface area (Å²) in [7, 11) is 1.47. The van der Waals surface area contributed by atoms with Gasteiger partial charge in [-0.3, -0.25) is 4.79 Å². The Labute approximate surface area is 198 Å². The van der Waals surface area contributed by atoms with E-state index in [4.69, 9.17) is 9.47 Å². The van der Waals surface area contributed by atoms with Gasteiger partial charge in [0.05, 0.1) is 0 Å². The maximum absolute atomic E-state index is 13.1. The third-order valence-electron chi connectivity index (χ3n) is 6.79. The molecule has 0 spiro atoms. The molecule has 2 aromatic carbocycles. The summed E-state index contributed by atoms with van der Waals surface area (Å²) >= 11 is 0. The number of nitrogens with one attached hydrogen (secondary N) is 2. The predicted molar refractivity (Wildman–Crippen MR) is 125 cm³/mol. The summed E-state index contributed by atoms with van der Waals surface area (Å²) < 4.78 is 10.6. The third kappa shape index (κ3) is 4.77. The van der Waals surface area contributed by atoms with E-state index in [1.54, 1.807) is 6.92 Å². The van der Waals surface area contributed by atoms with Crippen LogP contribution in [0.5, 0.6) is 0 Å². The second-order valence-corrected chi connectivity index (χ2v) is 9.07. The summed E-state index contributed by atoms with van der Waals surface area (Å²) in [6, 6.07) is 15.0. The summed E-state index contributed by atoms with van der Waals surface area (Å²) in [6.07, 6.45) is 0.964. The van der Waals surface area contributed by atoms with Crippen LogP contribution in [0.2, 0.25) is 0 Å². The lowest BCUT2D eigenvalue weighted by molar-refractivity contribution is -0.143. The highest BCUT2D eigenvalue weighted by molar-refractivity contribution is 5.93. The van der Waals surface area contributed by atoms with Gasteiger partial charge in [0, 0.05) is 26.1 Å². The third-order valence-corrected chi connectivity index (χ3v) is 6.79. The van der Waals surface area contributed by atoms with Crippen molar-refractivity contribution in [3.8, 4) is 11.1 Å². The van der Waals surface area contributed by atoms with Gasteiger partial charge in [0.2, 0.25) is 5.91 Å². The van der Waals surface area contributed by atoms with Crippen molar-refractivity contribution < 1.29 is 29.0 Å². The van der Waals surface area contributed by atoms with Crippen LogP contribution in [0, 0.1) is 5.92 Å². The Bertz CT molecular complexity index is 1040. The fourth-order valence-electron chi connectivity index (χ4n) is 4.65. The number of hydrogen-bond acceptors (Lipinski definition) is 5. The lowest BCUT2D eigenvalue weighted by Gasteiger charge is -2.31. The van der Waals surface area contributed by atoms with Crippen molar-refractivity contribution in [1.29, 1.82) is 0 Å². The quantitative estimate of drug-likeness (QED) is 0.495. The Hall–Kier alpha value is -3.39. The molecule has 0 heterocycles. The molecular weight excluding hydrogens is 436 g/mol. The van der Waals surface area contributed by atoms with Crippen LogP contribution in [0.1, 0.15) is 43.2 Å². The lowest BCUT2D eigenvalue weighted by atomic mass is 9.94. The van der Waals surface area contributed by atoms with Crippen LogP contribution in [-0.4, -0.2) is 55.0 Å². The number of hydrogen-bond donors (Lipinski definition) is 3. The highest BCUT2D eigenvalue weighted by Crippen LogP contribution is 2.44. The first-order valence-corrected chi connectivity index (χ1v) is 11.5. The highest BCUT2D eigenvalue weighted by Gasteiger charge is 2.49. The minimum absolute atomic E-state index is 0.0788. The van der Waals surface area contributed by atoms with Crippen LogP contribution in [0.25, 0.3) is 11.1 Å². The number of carboxylic acids is 1. The van der Waals surface area contributed by atoms with Crippen molar-refractivity contribution in [2.45, 2.75) is 43.7 Å². The maximum Gasteiger partial charge on any atom is 0.408 e. The van der Waals surface area contributed by atoms with E-state index in [-0.39, 0.29) is 31.5 Å². The average Bonchev–Trinajstić information content (AvgIpc) is 3.64. The van der Waals surface area contributed by atoms with Crippen LogP contribution in [-0.2, 0) is 19.1 Å². The molecule has 8 heteroatoms. The minimum atomic E-state index is -1.26. The first kappa shape index (κ1) is 23.8. The molecule has 0 aromatic heterocycles. The zero-order valence-electron chi connectivity index (χ0n) is 19.4. The van der Waals surface area contributed by atoms with Crippen LogP contribution < -0.4 is 10.6 Å². The summed E-state index contributed by atoms with van der Waals surface area (Å²) in [6.45, 7) is 1.95. The minimum Gasteiger partial charge on any atom is -0.480 e. The number of fused-ring (bicyclic) bond motifs is 3. The fraction of sp³-hybridized carbons (Fsp3) is 0.423. The maximum atomic E-state index is 13.1. The molecule has 3 N–H and O–H groups in total. The van der Waals surface area contributed by atoms with Gasteiger partial charge in [0.15, 0.2) is 0 Å². The van der Waals surface area contributed by atoms with Gasteiger partial charge in [-0.25, -0.2) is 9.59 Å². The molecule has 2 atom stereocenters. The number of methoxy groups -OCH3 is 1. The first-order valence-electron chi connectivity index (χ1n) is 11.5. The van der Waals surface area contributed by atoms with Crippen LogP contribution in [0.3, 0.4) is 0 Å². The molecule has 0 aliphatic heterocycles. The normalized spacial score (nSPS) is 17.1. The van der Waals surface area contributed by atoms with Gasteiger partial charge in [-0.1, -0.05) is 48.5 Å². The van der Waals surface area contributed by atoms with Gasteiger partial charge in [-0.15, -0.1) is 0 Å². The molecule has 0 radical (unpaired) electrons. The van der Waals surface area contributed by atoms with E-state index in [9.17, 15) is 19.5 Å². The molecule has 2 aliphatic carbocycles. The SMILES string of the molecule is COCCC(NC(=O)C(C)(NC(=O)OCC1c2ccccc2-c2ccccc21)C1CC1)C(=O)O. The molecule has 0 saturated heterocycles. The number of carbonyl (C=O) groups is 3. The molecule has 2 unspecified atom stereocenters. The lowest BCUT2D eigenvalue weighted by Crippen LogP contribution is -2.61. The number of amides is 2. The highest BCUT2D eigenvalue weighted by atomic mass is 16.5. The van der Waals surface area contributed by atoms with Gasteiger partial charge >= 0.3 is 12.1 Å². The monoisotopic (exact) mass is 466 g/mol. The van der Waals surface area contributed by atoms with Gasteiger partial charge in [0.1, 0.15) is 18.2 Å². The molecule has 2 aliphatic rings. The molecule has 34 heavy (non-hydrogen) atoms. The van der Waals surface area contributed by atoms with Gasteiger partial charge < -0.3 is 25.2 Å². The molecule has 2 aromatic rings. The molecule has 2 amide bonds. The zero-order chi connectivity index (χ0) is 24.3. The molecule has 180 valence electrons. The van der Waals surface area contributed by atoms with Crippen molar-refractivity contribution >= 4 is 18.0 Å². The van der Waals surface area contributed by atoms with E-state index in [2.05, 4.69) is 22.8 Å². The number of ether oxygens (including phenoxy) is 2. The van der Waals surface area contributed by atoms with E-state index >= 15 is 0 Å². The van der Waals surface area contributed by atoms with Crippen LogP contribution in [0.4, 0.5) is 4.79 Å². The van der Waals surface area contributed by atoms with E-state index in [1.165, 1.54) is 7.11 Å². The molecule has 8 nitrogen and oxygen atoms in total. The van der Waals surface area contributed by atoms with Crippen LogP contribution in [0.15, 0.2) is 48.5 Å². The van der Waals surface area contributed by atoms with E-state index < -0.39 is 29.6 Å². The van der Waals surface area contributed by atoms with Gasteiger partial charge in [-0.05, 0) is 47.9 Å². The van der Waals surface area contributed by atoms with Crippen molar-refractivity contribution in [2.24, 2.45) is 5.92 Å². The largest absolute Gasteiger partial charge is 0.480 e. The second kappa shape index (κ2) is 9.85. The number of carboxylic acid groups (broad SMARTS) is 1.